The van der Waals surface area contributed by atoms with E-state index in [0.717, 1.165) is 16.7 Å². The van der Waals surface area contributed by atoms with Crippen molar-refractivity contribution in [3.63, 3.8) is 0 Å². The summed E-state index contributed by atoms with van der Waals surface area (Å²) in [5.74, 6) is -1.38. The van der Waals surface area contributed by atoms with Crippen LogP contribution in [-0.4, -0.2) is 60.2 Å². The number of carbonyl (C=O) groups excluding carboxylic acids is 5. The molecule has 274 valence electrons. The molecular formula is C39H49N3O9. The molecule has 0 bridgehead atoms. The molecule has 0 unspecified atom stereocenters. The van der Waals surface area contributed by atoms with Gasteiger partial charge in [-0.3, -0.25) is 19.2 Å². The van der Waals surface area contributed by atoms with Crippen LogP contribution < -0.4 is 25.4 Å². The van der Waals surface area contributed by atoms with Gasteiger partial charge >= 0.3 is 18.0 Å². The normalized spacial score (nSPS) is 12.9. The summed E-state index contributed by atoms with van der Waals surface area (Å²) >= 11 is 0. The number of esters is 2. The molecule has 12 nitrogen and oxygen atoms in total. The average molecular weight is 704 g/mol. The monoisotopic (exact) mass is 703 g/mol. The Bertz CT molecular complexity index is 1600. The third-order valence-electron chi connectivity index (χ3n) is 7.37. The lowest BCUT2D eigenvalue weighted by atomic mass is 10.00. The predicted molar refractivity (Wildman–Crippen MR) is 191 cm³/mol. The van der Waals surface area contributed by atoms with Crippen LogP contribution >= 0.6 is 0 Å². The minimum absolute atomic E-state index is 0.106. The number of nitrogens with one attached hydrogen (secondary N) is 3. The first-order valence-corrected chi connectivity index (χ1v) is 16.8. The minimum atomic E-state index is -1.09. The van der Waals surface area contributed by atoms with Crippen LogP contribution in [0.3, 0.4) is 0 Å². The van der Waals surface area contributed by atoms with Crippen molar-refractivity contribution in [3.05, 3.63) is 95.6 Å². The van der Waals surface area contributed by atoms with E-state index in [4.69, 9.17) is 18.9 Å². The van der Waals surface area contributed by atoms with Crippen LogP contribution in [0.2, 0.25) is 0 Å². The summed E-state index contributed by atoms with van der Waals surface area (Å²) < 4.78 is 21.6. The predicted octanol–water partition coefficient (Wildman–Crippen LogP) is 5.06. The first kappa shape index (κ1) is 40.0. The zero-order valence-electron chi connectivity index (χ0n) is 30.3. The summed E-state index contributed by atoms with van der Waals surface area (Å²) in [5.41, 5.74) is 1.74. The number of rotatable bonds is 16. The number of hydrogen-bond donors (Lipinski definition) is 3. The molecule has 0 aliphatic carbocycles. The first-order chi connectivity index (χ1) is 24.1. The van der Waals surface area contributed by atoms with Crippen LogP contribution in [0.1, 0.15) is 65.2 Å². The van der Waals surface area contributed by atoms with Crippen LogP contribution in [0.15, 0.2) is 78.9 Å². The fourth-order valence-electron chi connectivity index (χ4n) is 4.95. The van der Waals surface area contributed by atoms with E-state index in [1.54, 1.807) is 71.0 Å². The number of alkyl carbamates (subject to hydrolysis) is 1. The Labute approximate surface area is 299 Å². The topological polar surface area (TPSA) is 158 Å². The summed E-state index contributed by atoms with van der Waals surface area (Å²) in [7, 11) is 0. The molecule has 3 rings (SSSR count). The Morgan fingerprint density at radius 2 is 1.25 bits per heavy atom. The maximum Gasteiger partial charge on any atom is 0.408 e. The Hall–Kier alpha value is -5.39. The molecule has 0 radical (unpaired) electrons. The number of carbonyl (C=O) groups is 5. The van der Waals surface area contributed by atoms with E-state index in [9.17, 15) is 24.0 Å². The van der Waals surface area contributed by atoms with Crippen molar-refractivity contribution in [2.24, 2.45) is 5.92 Å². The molecule has 0 aromatic heterocycles. The highest BCUT2D eigenvalue weighted by molar-refractivity contribution is 5.91. The molecule has 0 saturated carbocycles. The molecule has 51 heavy (non-hydrogen) atoms. The molecule has 3 atom stereocenters. The van der Waals surface area contributed by atoms with Gasteiger partial charge in [0, 0.05) is 20.3 Å². The second-order valence-corrected chi connectivity index (χ2v) is 13.5. The number of ether oxygens (including phenoxy) is 4. The molecule has 0 spiro atoms. The van der Waals surface area contributed by atoms with Crippen LogP contribution in [0.4, 0.5) is 4.79 Å². The molecule has 3 amide bonds. The van der Waals surface area contributed by atoms with E-state index in [0.29, 0.717) is 18.1 Å². The standard InChI is InChI=1S/C39H49N3O9/c1-25(2)35(37(46)40-31(24-48-26(3)43)21-28-15-19-33(20-16-28)50-27(4)44)42-36(45)34(41-38(47)51-39(5,6)7)22-29-13-17-32(18-14-29)49-23-30-11-9-8-10-12-30/h8-20,25,31,34-35H,21-24H2,1-7H3,(H,40,46)(H,41,47)(H,42,45)/t31-,34-,35-/m0/s1. The molecule has 0 saturated heterocycles. The number of benzene rings is 3. The third-order valence-corrected chi connectivity index (χ3v) is 7.37. The molecule has 12 heteroatoms. The van der Waals surface area contributed by atoms with E-state index in [1.807, 2.05) is 42.5 Å². The Kier molecular flexibility index (Phi) is 15.0. The maximum atomic E-state index is 13.8. The van der Waals surface area contributed by atoms with Crippen molar-refractivity contribution in [2.45, 2.75) is 91.6 Å². The van der Waals surface area contributed by atoms with Crippen molar-refractivity contribution in [2.75, 3.05) is 6.61 Å². The molecular weight excluding hydrogens is 654 g/mol. The second-order valence-electron chi connectivity index (χ2n) is 13.5. The molecule has 0 fully saturated rings. The number of hydrogen-bond acceptors (Lipinski definition) is 9. The van der Waals surface area contributed by atoms with Crippen LogP contribution in [-0.2, 0) is 48.1 Å². The van der Waals surface area contributed by atoms with Gasteiger partial charge in [-0.25, -0.2) is 4.79 Å². The van der Waals surface area contributed by atoms with Crippen LogP contribution in [0, 0.1) is 5.92 Å². The van der Waals surface area contributed by atoms with Crippen molar-refractivity contribution < 1.29 is 42.9 Å². The zero-order chi connectivity index (χ0) is 37.6. The molecule has 3 N–H and O–H groups in total. The maximum absolute atomic E-state index is 13.8. The van der Waals surface area contributed by atoms with Gasteiger partial charge in [0.25, 0.3) is 0 Å². The average Bonchev–Trinajstić information content (AvgIpc) is 3.05. The van der Waals surface area contributed by atoms with E-state index in [1.165, 1.54) is 13.8 Å². The lowest BCUT2D eigenvalue weighted by Crippen LogP contribution is -2.58. The molecule has 3 aromatic rings. The fourth-order valence-corrected chi connectivity index (χ4v) is 4.95. The first-order valence-electron chi connectivity index (χ1n) is 16.8. The molecule has 3 aromatic carbocycles. The van der Waals surface area contributed by atoms with Crippen molar-refractivity contribution in [3.8, 4) is 11.5 Å². The van der Waals surface area contributed by atoms with Crippen molar-refractivity contribution in [1.82, 2.24) is 16.0 Å². The van der Waals surface area contributed by atoms with E-state index >= 15 is 0 Å². The third kappa shape index (κ3) is 14.9. The van der Waals surface area contributed by atoms with Gasteiger partial charge in [-0.05, 0) is 74.1 Å². The lowest BCUT2D eigenvalue weighted by Gasteiger charge is -2.28. The van der Waals surface area contributed by atoms with Gasteiger partial charge in [0.05, 0.1) is 6.04 Å². The molecule has 0 heterocycles. The summed E-state index contributed by atoms with van der Waals surface area (Å²) in [6.45, 7) is 11.6. The quantitative estimate of drug-likeness (QED) is 0.137. The van der Waals surface area contributed by atoms with Crippen LogP contribution in [0.5, 0.6) is 11.5 Å². The van der Waals surface area contributed by atoms with Gasteiger partial charge in [-0.2, -0.15) is 0 Å². The largest absolute Gasteiger partial charge is 0.489 e. The van der Waals surface area contributed by atoms with E-state index in [-0.39, 0.29) is 25.4 Å². The van der Waals surface area contributed by atoms with Gasteiger partial charge in [0.15, 0.2) is 0 Å². The highest BCUT2D eigenvalue weighted by Gasteiger charge is 2.31. The fraction of sp³-hybridized carbons (Fsp3) is 0.410. The van der Waals surface area contributed by atoms with Gasteiger partial charge in [-0.15, -0.1) is 0 Å². The summed E-state index contributed by atoms with van der Waals surface area (Å²) in [4.78, 5) is 63.2. The van der Waals surface area contributed by atoms with Crippen molar-refractivity contribution in [1.29, 1.82) is 0 Å². The SMILES string of the molecule is CC(=O)OC[C@H](Cc1ccc(OC(C)=O)cc1)NC(=O)[C@@H](NC(=O)[C@H](Cc1ccc(OCc2ccccc2)cc1)NC(=O)OC(C)(C)C)C(C)C. The summed E-state index contributed by atoms with van der Waals surface area (Å²) in [6, 6.07) is 21.0. The van der Waals surface area contributed by atoms with Crippen LogP contribution in [0.25, 0.3) is 0 Å². The van der Waals surface area contributed by atoms with Crippen molar-refractivity contribution >= 4 is 29.8 Å². The van der Waals surface area contributed by atoms with Gasteiger partial charge < -0.3 is 34.9 Å². The Morgan fingerprint density at radius 3 is 1.80 bits per heavy atom. The van der Waals surface area contributed by atoms with Gasteiger partial charge in [-0.1, -0.05) is 68.4 Å². The van der Waals surface area contributed by atoms with E-state index < -0.39 is 53.6 Å². The molecule has 0 aliphatic heterocycles. The minimum Gasteiger partial charge on any atom is -0.489 e. The highest BCUT2D eigenvalue weighted by Crippen LogP contribution is 2.17. The zero-order valence-corrected chi connectivity index (χ0v) is 30.3. The van der Waals surface area contributed by atoms with Gasteiger partial charge in [0.2, 0.25) is 11.8 Å². The second kappa shape index (κ2) is 19.1. The Morgan fingerprint density at radius 1 is 0.667 bits per heavy atom. The Balaban J connectivity index is 1.74. The van der Waals surface area contributed by atoms with Gasteiger partial charge in [0.1, 0.15) is 42.4 Å². The highest BCUT2D eigenvalue weighted by atomic mass is 16.6. The summed E-state index contributed by atoms with van der Waals surface area (Å²) in [5, 5.41) is 8.38. The summed E-state index contributed by atoms with van der Waals surface area (Å²) in [6.07, 6.45) is -0.391. The number of amides is 3. The van der Waals surface area contributed by atoms with E-state index in [2.05, 4.69) is 16.0 Å². The molecule has 0 aliphatic rings. The smallest absolute Gasteiger partial charge is 0.408 e. The lowest BCUT2D eigenvalue weighted by molar-refractivity contribution is -0.142.